The van der Waals surface area contributed by atoms with Crippen LogP contribution in [0.15, 0.2) is 30.0 Å². The molecule has 0 radical (unpaired) electrons. The molecule has 3 aromatic rings. The van der Waals surface area contributed by atoms with Gasteiger partial charge in [-0.25, -0.2) is 23.4 Å². The number of hydrogen-bond donors (Lipinski definition) is 1. The van der Waals surface area contributed by atoms with E-state index < -0.39 is 9.84 Å². The first-order valence-corrected chi connectivity index (χ1v) is 10.6. The van der Waals surface area contributed by atoms with E-state index in [0.717, 1.165) is 0 Å². The van der Waals surface area contributed by atoms with Gasteiger partial charge in [0.1, 0.15) is 45.4 Å². The molecule has 0 spiro atoms. The highest BCUT2D eigenvalue weighted by Gasteiger charge is 2.27. The second-order valence-electron chi connectivity index (χ2n) is 5.87. The Hall–Kier alpha value is -3.10. The molecule has 9 nitrogen and oxygen atoms in total. The summed E-state index contributed by atoms with van der Waals surface area (Å²) in [5.74, 6) is 0.385. The van der Waals surface area contributed by atoms with Gasteiger partial charge in [-0.15, -0.1) is 11.3 Å². The molecule has 136 valence electrons. The maximum atomic E-state index is 11.7. The first-order valence-electron chi connectivity index (χ1n) is 7.85. The van der Waals surface area contributed by atoms with Crippen LogP contribution >= 0.6 is 11.3 Å². The van der Waals surface area contributed by atoms with Gasteiger partial charge < -0.3 is 10.6 Å². The summed E-state index contributed by atoms with van der Waals surface area (Å²) < 4.78 is 23.4. The van der Waals surface area contributed by atoms with Crippen LogP contribution in [-0.4, -0.2) is 46.5 Å². The molecule has 27 heavy (non-hydrogen) atoms. The average molecular weight is 399 g/mol. The maximum Gasteiger partial charge on any atom is 0.170 e. The van der Waals surface area contributed by atoms with Gasteiger partial charge in [0.2, 0.25) is 0 Å². The van der Waals surface area contributed by atoms with E-state index >= 15 is 0 Å². The number of thiazole rings is 1. The Bertz CT molecular complexity index is 1150. The largest absolute Gasteiger partial charge is 0.398 e. The molecule has 2 N–H and O–H groups in total. The van der Waals surface area contributed by atoms with Crippen molar-refractivity contribution < 1.29 is 8.42 Å². The van der Waals surface area contributed by atoms with Crippen LogP contribution in [-0.2, 0) is 9.84 Å². The lowest BCUT2D eigenvalue weighted by molar-refractivity contribution is 0.602. The summed E-state index contributed by atoms with van der Waals surface area (Å²) in [4.78, 5) is 19.0. The third-order valence-corrected chi connectivity index (χ3v) is 6.33. The van der Waals surface area contributed by atoms with Gasteiger partial charge in [-0.1, -0.05) is 0 Å². The molecule has 3 aromatic heterocycles. The lowest BCUT2D eigenvalue weighted by Gasteiger charge is -2.15. The Morgan fingerprint density at radius 3 is 2.78 bits per heavy atom. The molecule has 4 rings (SSSR count). The van der Waals surface area contributed by atoms with Crippen molar-refractivity contribution in [3.05, 3.63) is 35.6 Å². The van der Waals surface area contributed by atoms with Crippen molar-refractivity contribution in [2.75, 3.05) is 28.8 Å². The SMILES string of the molecule is N#Cc1c(N)cc(-c2nccs2)nc1-c1cncc(N2CCS(=O)(=O)C2)n1. The van der Waals surface area contributed by atoms with Crippen LogP contribution in [0, 0.1) is 11.3 Å². The van der Waals surface area contributed by atoms with Gasteiger partial charge in [0, 0.05) is 18.1 Å². The number of hydrogen-bond acceptors (Lipinski definition) is 10. The molecular weight excluding hydrogens is 386 g/mol. The van der Waals surface area contributed by atoms with Crippen molar-refractivity contribution in [2.45, 2.75) is 0 Å². The zero-order valence-electron chi connectivity index (χ0n) is 13.9. The molecule has 0 atom stereocenters. The smallest absolute Gasteiger partial charge is 0.170 e. The van der Waals surface area contributed by atoms with E-state index in [9.17, 15) is 13.7 Å². The number of anilines is 2. The Morgan fingerprint density at radius 1 is 1.26 bits per heavy atom. The molecule has 0 saturated carbocycles. The minimum Gasteiger partial charge on any atom is -0.398 e. The average Bonchev–Trinajstić information content (AvgIpc) is 3.31. The Balaban J connectivity index is 1.81. The molecule has 11 heteroatoms. The standard InChI is InChI=1S/C16H13N7O2S2/c17-6-10-11(18)5-12(16-20-1-3-26-16)22-15(10)13-7-19-8-14(21-13)23-2-4-27(24,25)9-23/h1,3,5,7-8H,2,4,9H2,(H2,18,22). The fourth-order valence-corrected chi connectivity index (χ4v) is 4.71. The number of rotatable bonds is 3. The minimum atomic E-state index is -3.11. The monoisotopic (exact) mass is 399 g/mol. The highest BCUT2D eigenvalue weighted by Crippen LogP contribution is 2.30. The number of sulfone groups is 1. The van der Waals surface area contributed by atoms with Crippen molar-refractivity contribution in [1.82, 2.24) is 19.9 Å². The maximum absolute atomic E-state index is 11.7. The molecule has 1 saturated heterocycles. The van der Waals surface area contributed by atoms with Crippen molar-refractivity contribution in [3.63, 3.8) is 0 Å². The molecule has 1 fully saturated rings. The lowest BCUT2D eigenvalue weighted by atomic mass is 10.1. The number of nitrogens with zero attached hydrogens (tertiary/aromatic N) is 6. The van der Waals surface area contributed by atoms with E-state index in [1.165, 1.54) is 23.7 Å². The van der Waals surface area contributed by atoms with Gasteiger partial charge in [-0.05, 0) is 6.07 Å². The third-order valence-electron chi connectivity index (χ3n) is 4.03. The van der Waals surface area contributed by atoms with Gasteiger partial charge >= 0.3 is 0 Å². The van der Waals surface area contributed by atoms with Crippen LogP contribution < -0.4 is 10.6 Å². The summed E-state index contributed by atoms with van der Waals surface area (Å²) in [5.41, 5.74) is 7.68. The van der Waals surface area contributed by atoms with Gasteiger partial charge in [0.05, 0.1) is 23.8 Å². The van der Waals surface area contributed by atoms with Crippen molar-refractivity contribution in [3.8, 4) is 28.2 Å². The molecule has 0 aliphatic carbocycles. The van der Waals surface area contributed by atoms with Gasteiger partial charge in [0.15, 0.2) is 9.84 Å². The second kappa shape index (κ2) is 6.57. The molecule has 0 unspecified atom stereocenters. The topological polar surface area (TPSA) is 139 Å². The molecule has 0 bridgehead atoms. The van der Waals surface area contributed by atoms with Gasteiger partial charge in [-0.2, -0.15) is 5.26 Å². The van der Waals surface area contributed by atoms with Crippen molar-refractivity contribution >= 4 is 32.7 Å². The molecular formula is C16H13N7O2S2. The first-order chi connectivity index (χ1) is 13.0. The van der Waals surface area contributed by atoms with Crippen LogP contribution in [0.25, 0.3) is 22.1 Å². The molecule has 1 aliphatic rings. The lowest BCUT2D eigenvalue weighted by Crippen LogP contribution is -2.21. The molecule has 4 heterocycles. The van der Waals surface area contributed by atoms with E-state index in [0.29, 0.717) is 34.5 Å². The van der Waals surface area contributed by atoms with Crippen molar-refractivity contribution in [1.29, 1.82) is 5.26 Å². The van der Waals surface area contributed by atoms with E-state index in [1.54, 1.807) is 17.2 Å². The quantitative estimate of drug-likeness (QED) is 0.690. The highest BCUT2D eigenvalue weighted by atomic mass is 32.2. The van der Waals surface area contributed by atoms with Gasteiger partial charge in [-0.3, -0.25) is 4.98 Å². The van der Waals surface area contributed by atoms with E-state index in [4.69, 9.17) is 5.73 Å². The fourth-order valence-electron chi connectivity index (χ4n) is 2.75. The summed E-state index contributed by atoms with van der Waals surface area (Å²) in [7, 11) is -3.11. The van der Waals surface area contributed by atoms with Crippen LogP contribution in [0.5, 0.6) is 0 Å². The van der Waals surface area contributed by atoms with Crippen LogP contribution in [0.3, 0.4) is 0 Å². The molecule has 0 amide bonds. The summed E-state index contributed by atoms with van der Waals surface area (Å²) in [6, 6.07) is 3.66. The minimum absolute atomic E-state index is 0.0765. The van der Waals surface area contributed by atoms with Gasteiger partial charge in [0.25, 0.3) is 0 Å². The molecule has 0 aromatic carbocycles. The molecule has 1 aliphatic heterocycles. The summed E-state index contributed by atoms with van der Waals surface area (Å²) in [5, 5.41) is 12.0. The zero-order chi connectivity index (χ0) is 19.0. The summed E-state index contributed by atoms with van der Waals surface area (Å²) >= 11 is 1.40. The van der Waals surface area contributed by atoms with E-state index in [1.807, 2.05) is 5.38 Å². The van der Waals surface area contributed by atoms with E-state index in [-0.39, 0.29) is 22.9 Å². The number of nitrogens with two attached hydrogens (primary N) is 1. The third kappa shape index (κ3) is 3.32. The number of nitriles is 1. The van der Waals surface area contributed by atoms with E-state index in [2.05, 4.69) is 26.0 Å². The number of nitrogen functional groups attached to an aromatic ring is 1. The summed E-state index contributed by atoms with van der Waals surface area (Å²) in [6.07, 6.45) is 4.62. The first kappa shape index (κ1) is 17.3. The Morgan fingerprint density at radius 2 is 2.11 bits per heavy atom. The predicted molar refractivity (Wildman–Crippen MR) is 101 cm³/mol. The predicted octanol–water partition coefficient (Wildman–Crippen LogP) is 1.31. The second-order valence-corrected chi connectivity index (χ2v) is 8.92. The fraction of sp³-hybridized carbons (Fsp3) is 0.188. The van der Waals surface area contributed by atoms with Crippen LogP contribution in [0.1, 0.15) is 5.56 Å². The highest BCUT2D eigenvalue weighted by molar-refractivity contribution is 7.91. The normalized spacial score (nSPS) is 15.6. The Labute approximate surface area is 159 Å². The summed E-state index contributed by atoms with van der Waals surface area (Å²) in [6.45, 7) is 0.348. The Kier molecular flexibility index (Phi) is 4.21. The zero-order valence-corrected chi connectivity index (χ0v) is 15.5. The van der Waals surface area contributed by atoms with Crippen LogP contribution in [0.4, 0.5) is 11.5 Å². The number of pyridine rings is 1. The number of aromatic nitrogens is 4. The van der Waals surface area contributed by atoms with Crippen molar-refractivity contribution in [2.24, 2.45) is 0 Å². The van der Waals surface area contributed by atoms with Crippen LogP contribution in [0.2, 0.25) is 0 Å².